The van der Waals surface area contributed by atoms with Crippen LogP contribution in [0.2, 0.25) is 0 Å². The molecular formula is C22H22FN5O3. The van der Waals surface area contributed by atoms with Gasteiger partial charge in [0, 0.05) is 25.4 Å². The first-order chi connectivity index (χ1) is 15.0. The van der Waals surface area contributed by atoms with Crippen LogP contribution < -0.4 is 11.1 Å². The SMILES string of the molecule is CO/C(N)=N\N=C\Cc1ccc(Cc2ccc(F)cc2)cncc(O)c2c1CNC2=O. The molecule has 1 amide bonds. The summed E-state index contributed by atoms with van der Waals surface area (Å²) in [5.41, 5.74) is 8.75. The minimum atomic E-state index is -0.375. The lowest BCUT2D eigenvalue weighted by Crippen LogP contribution is -2.12. The van der Waals surface area contributed by atoms with Gasteiger partial charge in [-0.2, -0.15) is 5.10 Å². The third-order valence-electron chi connectivity index (χ3n) is 4.61. The molecule has 0 unspecified atom stereocenters. The van der Waals surface area contributed by atoms with Gasteiger partial charge in [0.2, 0.25) is 0 Å². The Labute approximate surface area is 178 Å². The molecule has 160 valence electrons. The van der Waals surface area contributed by atoms with Gasteiger partial charge in [-0.3, -0.25) is 9.78 Å². The van der Waals surface area contributed by atoms with Crippen molar-refractivity contribution >= 4 is 18.1 Å². The molecule has 2 heterocycles. The Morgan fingerprint density at radius 2 is 2.00 bits per heavy atom. The molecule has 0 aliphatic carbocycles. The Balaban J connectivity index is 2.04. The fourth-order valence-electron chi connectivity index (χ4n) is 3.06. The molecule has 0 bridgehead atoms. The van der Waals surface area contributed by atoms with Crippen molar-refractivity contribution in [2.45, 2.75) is 19.4 Å². The number of carbonyl (C=O) groups excluding carboxylic acids is 1. The smallest absolute Gasteiger partial charge is 0.305 e. The number of benzene rings is 1. The summed E-state index contributed by atoms with van der Waals surface area (Å²) in [4.78, 5) is 16.4. The molecule has 9 heteroatoms. The second-order valence-electron chi connectivity index (χ2n) is 6.71. The van der Waals surface area contributed by atoms with E-state index in [1.54, 1.807) is 18.3 Å². The van der Waals surface area contributed by atoms with E-state index in [4.69, 9.17) is 10.5 Å². The quantitative estimate of drug-likeness (QED) is 0.387. The number of methoxy groups -OCH3 is 1. The predicted molar refractivity (Wildman–Crippen MR) is 115 cm³/mol. The number of amides is 1. The minimum absolute atomic E-state index is 0.0768. The van der Waals surface area contributed by atoms with Crippen LogP contribution in [0.25, 0.3) is 0 Å². The van der Waals surface area contributed by atoms with Crippen LogP contribution in [0.3, 0.4) is 0 Å². The van der Waals surface area contributed by atoms with Crippen LogP contribution in [0.5, 0.6) is 5.75 Å². The van der Waals surface area contributed by atoms with Gasteiger partial charge < -0.3 is 20.9 Å². The summed E-state index contributed by atoms with van der Waals surface area (Å²) in [6, 6.07) is 9.83. The van der Waals surface area contributed by atoms with Gasteiger partial charge in [-0.25, -0.2) is 4.39 Å². The number of nitrogens with one attached hydrogen (secondary N) is 1. The number of hydrogen-bond acceptors (Lipinski definition) is 6. The maximum absolute atomic E-state index is 13.2. The van der Waals surface area contributed by atoms with Gasteiger partial charge in [-0.1, -0.05) is 29.4 Å². The highest BCUT2D eigenvalue weighted by molar-refractivity contribution is 6.01. The number of halogens is 1. The van der Waals surface area contributed by atoms with Gasteiger partial charge >= 0.3 is 6.02 Å². The van der Waals surface area contributed by atoms with Crippen LogP contribution in [0, 0.1) is 5.82 Å². The molecule has 0 spiro atoms. The molecule has 31 heavy (non-hydrogen) atoms. The van der Waals surface area contributed by atoms with Crippen molar-refractivity contribution in [2.75, 3.05) is 7.11 Å². The van der Waals surface area contributed by atoms with Gasteiger partial charge in [0.1, 0.15) is 11.6 Å². The third kappa shape index (κ3) is 5.75. The van der Waals surface area contributed by atoms with Crippen LogP contribution >= 0.6 is 0 Å². The van der Waals surface area contributed by atoms with Gasteiger partial charge in [0.15, 0.2) is 0 Å². The number of amidine groups is 1. The Hall–Kier alpha value is -4.01. The van der Waals surface area contributed by atoms with E-state index in [0.29, 0.717) is 18.4 Å². The lowest BCUT2D eigenvalue weighted by atomic mass is 10.0. The molecule has 0 atom stereocenters. The van der Waals surface area contributed by atoms with Crippen molar-refractivity contribution in [2.24, 2.45) is 15.9 Å². The first kappa shape index (κ1) is 21.7. The van der Waals surface area contributed by atoms with E-state index in [1.807, 2.05) is 12.1 Å². The first-order valence-corrected chi connectivity index (χ1v) is 9.45. The fraction of sp³-hybridized carbons (Fsp3) is 0.182. The molecule has 2 aromatic rings. The second kappa shape index (κ2) is 10.1. The van der Waals surface area contributed by atoms with Crippen LogP contribution in [0.1, 0.15) is 32.6 Å². The van der Waals surface area contributed by atoms with Crippen LogP contribution in [-0.4, -0.2) is 35.3 Å². The zero-order valence-corrected chi connectivity index (χ0v) is 16.9. The molecule has 8 nitrogen and oxygen atoms in total. The summed E-state index contributed by atoms with van der Waals surface area (Å²) in [5.74, 6) is -0.908. The molecule has 0 radical (unpaired) electrons. The van der Waals surface area contributed by atoms with E-state index in [2.05, 4.69) is 20.5 Å². The number of fused-ring (bicyclic) bond motifs is 1. The number of rotatable bonds is 5. The zero-order valence-electron chi connectivity index (χ0n) is 16.9. The molecule has 0 fully saturated rings. The number of nitrogens with two attached hydrogens (primary N) is 1. The third-order valence-corrected chi connectivity index (χ3v) is 4.61. The van der Waals surface area contributed by atoms with Crippen molar-refractivity contribution in [1.82, 2.24) is 10.3 Å². The van der Waals surface area contributed by atoms with Crippen molar-refractivity contribution in [3.8, 4) is 5.75 Å². The molecule has 0 saturated heterocycles. The minimum Gasteiger partial charge on any atom is -0.505 e. The zero-order chi connectivity index (χ0) is 22.2. The van der Waals surface area contributed by atoms with E-state index >= 15 is 0 Å². The van der Waals surface area contributed by atoms with Crippen molar-refractivity contribution < 1.29 is 19.0 Å². The number of aromatic hydroxyl groups is 1. The second-order valence-corrected chi connectivity index (χ2v) is 6.71. The van der Waals surface area contributed by atoms with E-state index in [1.165, 1.54) is 31.7 Å². The Bertz CT molecular complexity index is 1080. The average molecular weight is 423 g/mol. The van der Waals surface area contributed by atoms with Crippen LogP contribution in [0.15, 0.2) is 59.0 Å². The van der Waals surface area contributed by atoms with Crippen molar-refractivity contribution in [1.29, 1.82) is 0 Å². The summed E-state index contributed by atoms with van der Waals surface area (Å²) < 4.78 is 17.9. The number of carbonyl (C=O) groups is 1. The standard InChI is InChI=1S/C22H22FN5O3/c1-31-22(24)28-27-9-8-16-5-2-15(10-14-3-6-17(23)7-4-14)11-25-13-19(29)20-18(16)12-26-21(20)30/h2-7,9,11,13,29H,8,10,12H2,1H3,(H2,24,28)(H,26,30)/b5-2?,15-2?,15-11?,16-5?,18-16?,19-13?,20-19?,25-11?,25-13?,27-9+. The molecule has 3 rings (SSSR count). The van der Waals surface area contributed by atoms with E-state index in [0.717, 1.165) is 16.7 Å². The fourth-order valence-corrected chi connectivity index (χ4v) is 3.06. The van der Waals surface area contributed by atoms with Gasteiger partial charge in [-0.05, 0) is 40.8 Å². The largest absolute Gasteiger partial charge is 0.505 e. The first-order valence-electron chi connectivity index (χ1n) is 9.45. The van der Waals surface area contributed by atoms with E-state index in [9.17, 15) is 14.3 Å². The summed E-state index contributed by atoms with van der Waals surface area (Å²) in [7, 11) is 1.38. The highest BCUT2D eigenvalue weighted by Gasteiger charge is 2.23. The maximum atomic E-state index is 13.2. The number of nitrogens with zero attached hydrogens (tertiary/aromatic N) is 3. The van der Waals surface area contributed by atoms with Crippen LogP contribution in [0.4, 0.5) is 4.39 Å². The molecule has 0 saturated carbocycles. The summed E-state index contributed by atoms with van der Waals surface area (Å²) in [6.45, 7) is 0.264. The summed E-state index contributed by atoms with van der Waals surface area (Å²) in [6.07, 6.45) is 5.19. The lowest BCUT2D eigenvalue weighted by Gasteiger charge is -2.04. The molecular weight excluding hydrogens is 401 g/mol. The van der Waals surface area contributed by atoms with Crippen LogP contribution in [-0.2, 0) is 24.1 Å². The van der Waals surface area contributed by atoms with E-state index < -0.39 is 0 Å². The molecule has 1 aromatic carbocycles. The molecule has 1 aliphatic heterocycles. The van der Waals surface area contributed by atoms with Gasteiger partial charge in [0.25, 0.3) is 5.91 Å². The Morgan fingerprint density at radius 1 is 1.26 bits per heavy atom. The molecule has 1 aliphatic rings. The Kier molecular flexibility index (Phi) is 7.10. The highest BCUT2D eigenvalue weighted by atomic mass is 19.1. The predicted octanol–water partition coefficient (Wildman–Crippen LogP) is 2.37. The monoisotopic (exact) mass is 423 g/mol. The topological polar surface area (TPSA) is 122 Å². The summed E-state index contributed by atoms with van der Waals surface area (Å²) >= 11 is 0. The summed E-state index contributed by atoms with van der Waals surface area (Å²) in [5, 5.41) is 20.7. The lowest BCUT2D eigenvalue weighted by molar-refractivity contribution is 0.0963. The Morgan fingerprint density at radius 3 is 2.74 bits per heavy atom. The maximum Gasteiger partial charge on any atom is 0.305 e. The number of ether oxygens (including phenoxy) is 1. The number of aromatic nitrogens is 1. The highest BCUT2D eigenvalue weighted by Crippen LogP contribution is 2.25. The van der Waals surface area contributed by atoms with Gasteiger partial charge in [-0.15, -0.1) is 0 Å². The van der Waals surface area contributed by atoms with Crippen molar-refractivity contribution in [3.05, 3.63) is 82.4 Å². The normalized spacial score (nSPS) is 13.0. The van der Waals surface area contributed by atoms with Crippen molar-refractivity contribution in [3.63, 3.8) is 0 Å². The molecule has 1 aromatic heterocycles. The van der Waals surface area contributed by atoms with Gasteiger partial charge in [0.05, 0.1) is 18.9 Å². The van der Waals surface area contributed by atoms with E-state index in [-0.39, 0.29) is 35.6 Å². The number of hydrogen-bond donors (Lipinski definition) is 3. The average Bonchev–Trinajstić information content (AvgIpc) is 3.15. The molecule has 4 N–H and O–H groups in total.